The molecule has 1 amide bonds. The van der Waals surface area contributed by atoms with Crippen molar-refractivity contribution in [3.63, 3.8) is 0 Å². The van der Waals surface area contributed by atoms with E-state index in [-0.39, 0.29) is 23.9 Å². The monoisotopic (exact) mass is 480 g/mol. The second-order valence-corrected chi connectivity index (χ2v) is 10.4. The number of rotatable bonds is 14. The van der Waals surface area contributed by atoms with Crippen LogP contribution in [0.1, 0.15) is 23.2 Å². The molecule has 0 saturated heterocycles. The Morgan fingerprint density at radius 3 is 1.84 bits per heavy atom. The Kier molecular flexibility index (Phi) is 13.8. The third-order valence-corrected chi connectivity index (χ3v) is 8.34. The molecule has 0 spiro atoms. The highest BCUT2D eigenvalue weighted by atomic mass is 35.5. The van der Waals surface area contributed by atoms with Crippen LogP contribution >= 0.6 is 0 Å². The van der Waals surface area contributed by atoms with Crippen molar-refractivity contribution < 1.29 is 49.6 Å². The lowest BCUT2D eigenvalue weighted by Gasteiger charge is -2.32. The normalized spacial score (nSPS) is 12.2. The van der Waals surface area contributed by atoms with Gasteiger partial charge in [0.25, 0.3) is 5.91 Å². The molecule has 1 aromatic carbocycles. The van der Waals surface area contributed by atoms with Crippen LogP contribution in [0.2, 0.25) is 5.54 Å². The predicted octanol–water partition coefficient (Wildman–Crippen LogP) is -2.38. The summed E-state index contributed by atoms with van der Waals surface area (Å²) in [5, 5.41) is 2.96. The van der Waals surface area contributed by atoms with Crippen molar-refractivity contribution in [3.8, 4) is 17.2 Å². The molecule has 0 aliphatic rings. The van der Waals surface area contributed by atoms with Gasteiger partial charge in [-0.2, -0.15) is 0 Å². The number of benzene rings is 1. The number of quaternary nitrogens is 1. The van der Waals surface area contributed by atoms with Crippen LogP contribution in [0.15, 0.2) is 12.1 Å². The number of carbonyl (C=O) groups excluding carboxylic acids is 1. The molecule has 0 fully saturated rings. The van der Waals surface area contributed by atoms with E-state index in [2.05, 4.69) is 19.4 Å². The van der Waals surface area contributed by atoms with Crippen LogP contribution < -0.4 is 36.8 Å². The van der Waals surface area contributed by atoms with E-state index in [1.165, 1.54) is 26.2 Å². The van der Waals surface area contributed by atoms with E-state index in [4.69, 9.17) is 27.5 Å². The van der Waals surface area contributed by atoms with Gasteiger partial charge >= 0.3 is 8.80 Å². The average molecular weight is 481 g/mol. The van der Waals surface area contributed by atoms with Gasteiger partial charge in [0.1, 0.15) is 0 Å². The second kappa shape index (κ2) is 14.5. The molecular formula is C20H37ClN2O7Si. The van der Waals surface area contributed by atoms with Gasteiger partial charge in [-0.15, -0.1) is 0 Å². The highest BCUT2D eigenvalue weighted by molar-refractivity contribution is 6.62. The molecule has 1 atom stereocenters. The fourth-order valence-electron chi connectivity index (χ4n) is 3.38. The largest absolute Gasteiger partial charge is 1.00 e. The fourth-order valence-corrected chi connectivity index (χ4v) is 5.88. The Balaban J connectivity index is 0.00000900. The first-order valence-corrected chi connectivity index (χ1v) is 11.6. The first kappa shape index (κ1) is 29.4. The minimum absolute atomic E-state index is 0. The van der Waals surface area contributed by atoms with Gasteiger partial charge in [-0.3, -0.25) is 4.79 Å². The number of methoxy groups -OCH3 is 3. The Bertz CT molecular complexity index is 642. The van der Waals surface area contributed by atoms with Crippen LogP contribution in [0.4, 0.5) is 0 Å². The molecule has 11 heteroatoms. The van der Waals surface area contributed by atoms with Crippen LogP contribution in [0.3, 0.4) is 0 Å². The molecule has 0 aliphatic carbocycles. The summed E-state index contributed by atoms with van der Waals surface area (Å²) in [5.41, 5.74) is 0.486. The quantitative estimate of drug-likeness (QED) is 0.287. The van der Waals surface area contributed by atoms with Gasteiger partial charge in [-0.1, -0.05) is 0 Å². The number of nitrogens with one attached hydrogen (secondary N) is 2. The van der Waals surface area contributed by atoms with Gasteiger partial charge in [-0.05, 0) is 18.6 Å². The summed E-state index contributed by atoms with van der Waals surface area (Å²) in [6, 6.07) is 3.25. The molecule has 0 saturated carbocycles. The SMILES string of the molecule is COc1cc(C(=O)NCCC(CC[NH+](C)C)[Si](OC)(OC)OC)cc(OC)c1OC.[Cl-]. The van der Waals surface area contributed by atoms with Crippen molar-refractivity contribution in [2.24, 2.45) is 0 Å². The van der Waals surface area contributed by atoms with Crippen LogP contribution in [-0.4, -0.2) is 84.6 Å². The van der Waals surface area contributed by atoms with Crippen LogP contribution in [0.5, 0.6) is 17.2 Å². The molecule has 2 N–H and O–H groups in total. The Labute approximate surface area is 193 Å². The molecule has 9 nitrogen and oxygen atoms in total. The van der Waals surface area contributed by atoms with Crippen molar-refractivity contribution in [2.75, 3.05) is 69.8 Å². The molecule has 0 aromatic heterocycles. The lowest BCUT2D eigenvalue weighted by Crippen LogP contribution is -3.05. The summed E-state index contributed by atoms with van der Waals surface area (Å²) in [4.78, 5) is 14.1. The molecule has 1 aromatic rings. The maximum atomic E-state index is 12.7. The number of halogens is 1. The van der Waals surface area contributed by atoms with Crippen LogP contribution in [-0.2, 0) is 13.3 Å². The number of hydrogen-bond donors (Lipinski definition) is 2. The molecule has 0 radical (unpaired) electrons. The van der Waals surface area contributed by atoms with Crippen LogP contribution in [0, 0.1) is 0 Å². The lowest BCUT2D eigenvalue weighted by atomic mass is 10.1. The second-order valence-electron chi connectivity index (χ2n) is 7.12. The highest BCUT2D eigenvalue weighted by Crippen LogP contribution is 2.38. The maximum absolute atomic E-state index is 12.7. The van der Waals surface area contributed by atoms with E-state index >= 15 is 0 Å². The predicted molar refractivity (Wildman–Crippen MR) is 116 cm³/mol. The molecule has 0 bridgehead atoms. The zero-order valence-corrected chi connectivity index (χ0v) is 21.6. The summed E-state index contributed by atoms with van der Waals surface area (Å²) in [6.45, 7) is 1.39. The zero-order valence-electron chi connectivity index (χ0n) is 19.8. The van der Waals surface area contributed by atoms with E-state index in [0.29, 0.717) is 35.8 Å². The number of amides is 1. The highest BCUT2D eigenvalue weighted by Gasteiger charge is 2.47. The number of ether oxygens (including phenoxy) is 3. The summed E-state index contributed by atoms with van der Waals surface area (Å²) in [6.07, 6.45) is 1.54. The molecule has 0 aliphatic heterocycles. The van der Waals surface area contributed by atoms with E-state index in [1.54, 1.807) is 33.5 Å². The number of carbonyl (C=O) groups is 1. The summed E-state index contributed by atoms with van der Waals surface area (Å²) in [5.74, 6) is 1.07. The van der Waals surface area contributed by atoms with Gasteiger partial charge in [0.2, 0.25) is 5.75 Å². The molecule has 1 rings (SSSR count). The Morgan fingerprint density at radius 1 is 0.935 bits per heavy atom. The smallest absolute Gasteiger partial charge is 0.503 e. The van der Waals surface area contributed by atoms with Gasteiger partial charge in [0.05, 0.1) is 42.0 Å². The first-order chi connectivity index (χ1) is 14.3. The lowest BCUT2D eigenvalue weighted by molar-refractivity contribution is -0.858. The molecule has 0 heterocycles. The average Bonchev–Trinajstić information content (AvgIpc) is 2.76. The van der Waals surface area contributed by atoms with E-state index in [9.17, 15) is 4.79 Å². The molecule has 31 heavy (non-hydrogen) atoms. The van der Waals surface area contributed by atoms with E-state index < -0.39 is 8.80 Å². The number of hydrogen-bond acceptors (Lipinski definition) is 7. The summed E-state index contributed by atoms with van der Waals surface area (Å²) in [7, 11) is 10.8. The zero-order chi connectivity index (χ0) is 22.7. The molecule has 1 unspecified atom stereocenters. The minimum atomic E-state index is -2.83. The minimum Gasteiger partial charge on any atom is -1.00 e. The van der Waals surface area contributed by atoms with Crippen LogP contribution in [0.25, 0.3) is 0 Å². The van der Waals surface area contributed by atoms with Gasteiger partial charge in [0.15, 0.2) is 11.5 Å². The van der Waals surface area contributed by atoms with Gasteiger partial charge in [-0.25, -0.2) is 0 Å². The Morgan fingerprint density at radius 2 is 1.45 bits per heavy atom. The topological polar surface area (TPSA) is 88.9 Å². The third kappa shape index (κ3) is 7.81. The third-order valence-electron chi connectivity index (χ3n) is 5.05. The van der Waals surface area contributed by atoms with Crippen molar-refractivity contribution >= 4 is 14.7 Å². The molecular weight excluding hydrogens is 444 g/mol. The summed E-state index contributed by atoms with van der Waals surface area (Å²) >= 11 is 0. The van der Waals surface area contributed by atoms with E-state index in [0.717, 1.165) is 13.0 Å². The fraction of sp³-hybridized carbons (Fsp3) is 0.650. The van der Waals surface area contributed by atoms with Crippen molar-refractivity contribution in [1.82, 2.24) is 5.32 Å². The first-order valence-electron chi connectivity index (χ1n) is 9.85. The maximum Gasteiger partial charge on any atom is 0.503 e. The van der Waals surface area contributed by atoms with Crippen molar-refractivity contribution in [3.05, 3.63) is 17.7 Å². The van der Waals surface area contributed by atoms with Gasteiger partial charge in [0, 0.05) is 45.4 Å². The van der Waals surface area contributed by atoms with E-state index in [1.807, 2.05) is 0 Å². The molecule has 180 valence electrons. The Hall–Kier alpha value is -1.56. The standard InChI is InChI=1S/C20H36N2O7Si.ClH/c1-22(2)12-10-16(30(27-6,28-7)29-8)9-11-21-20(23)15-13-17(24-3)19(26-5)18(14-15)25-4;/h13-14,16H,9-12H2,1-8H3,(H,21,23);1H. The van der Waals surface area contributed by atoms with Crippen molar-refractivity contribution in [1.29, 1.82) is 0 Å². The van der Waals surface area contributed by atoms with Crippen molar-refractivity contribution in [2.45, 2.75) is 18.4 Å². The summed E-state index contributed by atoms with van der Waals surface area (Å²) < 4.78 is 33.0. The van der Waals surface area contributed by atoms with Gasteiger partial charge < -0.3 is 50.1 Å².